The van der Waals surface area contributed by atoms with E-state index in [4.69, 9.17) is 4.42 Å². The summed E-state index contributed by atoms with van der Waals surface area (Å²) in [5, 5.41) is 5.99. The Kier molecular flexibility index (Phi) is 6.43. The predicted octanol–water partition coefficient (Wildman–Crippen LogP) is 1.77. The fourth-order valence-corrected chi connectivity index (χ4v) is 1.56. The van der Waals surface area contributed by atoms with Crippen molar-refractivity contribution in [3.05, 3.63) is 17.8 Å². The second-order valence-electron chi connectivity index (χ2n) is 4.47. The van der Waals surface area contributed by atoms with Crippen LogP contribution in [0.25, 0.3) is 0 Å². The molecule has 1 unspecified atom stereocenters. The highest BCUT2D eigenvalue weighted by molar-refractivity contribution is 5.81. The smallest absolute Gasteiger partial charge is 0.236 e. The summed E-state index contributed by atoms with van der Waals surface area (Å²) in [7, 11) is 0. The number of rotatable bonds is 8. The fraction of sp³-hybridized carbons (Fsp3) is 0.692. The Morgan fingerprint density at radius 2 is 2.28 bits per heavy atom. The van der Waals surface area contributed by atoms with Crippen LogP contribution in [0.5, 0.6) is 0 Å². The van der Waals surface area contributed by atoms with Crippen LogP contribution in [0.3, 0.4) is 0 Å². The van der Waals surface area contributed by atoms with Crippen LogP contribution in [0.4, 0.5) is 0 Å². The molecule has 102 valence electrons. The first-order chi connectivity index (χ1) is 8.63. The quantitative estimate of drug-likeness (QED) is 0.693. The zero-order valence-electron chi connectivity index (χ0n) is 11.5. The van der Waals surface area contributed by atoms with E-state index in [1.165, 1.54) is 0 Å². The summed E-state index contributed by atoms with van der Waals surface area (Å²) in [6.07, 6.45) is 5.02. The summed E-state index contributed by atoms with van der Waals surface area (Å²) in [4.78, 5) is 15.8. The maximum absolute atomic E-state index is 11.7. The first-order valence-electron chi connectivity index (χ1n) is 6.56. The van der Waals surface area contributed by atoms with Crippen molar-refractivity contribution in [1.82, 2.24) is 15.6 Å². The number of amides is 1. The summed E-state index contributed by atoms with van der Waals surface area (Å²) in [6.45, 7) is 7.05. The highest BCUT2D eigenvalue weighted by Crippen LogP contribution is 2.01. The van der Waals surface area contributed by atoms with Crippen LogP contribution in [-0.4, -0.2) is 23.5 Å². The largest absolute Gasteiger partial charge is 0.445 e. The molecule has 0 saturated carbocycles. The third-order valence-electron chi connectivity index (χ3n) is 2.70. The Morgan fingerprint density at radius 3 is 2.89 bits per heavy atom. The Hall–Kier alpha value is -1.36. The number of carbonyl (C=O) groups excluding carboxylic acids is 1. The lowest BCUT2D eigenvalue weighted by Gasteiger charge is -2.12. The third-order valence-corrected chi connectivity index (χ3v) is 2.70. The number of hydrogen-bond acceptors (Lipinski definition) is 4. The minimum atomic E-state index is -0.237. The van der Waals surface area contributed by atoms with Gasteiger partial charge in [-0.25, -0.2) is 4.98 Å². The minimum absolute atomic E-state index is 0.0226. The number of aromatic nitrogens is 1. The molecule has 1 aromatic heterocycles. The summed E-state index contributed by atoms with van der Waals surface area (Å²) in [5.41, 5.74) is 0. The first kappa shape index (κ1) is 14.7. The Bertz CT molecular complexity index is 363. The zero-order chi connectivity index (χ0) is 13.4. The van der Waals surface area contributed by atoms with Gasteiger partial charge in [0.2, 0.25) is 11.8 Å². The van der Waals surface area contributed by atoms with Crippen molar-refractivity contribution in [2.24, 2.45) is 0 Å². The second kappa shape index (κ2) is 7.87. The zero-order valence-corrected chi connectivity index (χ0v) is 11.5. The molecule has 2 N–H and O–H groups in total. The van der Waals surface area contributed by atoms with E-state index in [2.05, 4.69) is 22.5 Å². The van der Waals surface area contributed by atoms with Gasteiger partial charge in [-0.1, -0.05) is 19.8 Å². The van der Waals surface area contributed by atoms with Crippen molar-refractivity contribution < 1.29 is 9.21 Å². The molecule has 0 saturated heterocycles. The van der Waals surface area contributed by atoms with E-state index in [1.807, 2.05) is 13.8 Å². The van der Waals surface area contributed by atoms with E-state index < -0.39 is 0 Å². The lowest BCUT2D eigenvalue weighted by molar-refractivity contribution is -0.122. The lowest BCUT2D eigenvalue weighted by atomic mass is 10.2. The van der Waals surface area contributed by atoms with Gasteiger partial charge in [0.15, 0.2) is 0 Å². The maximum Gasteiger partial charge on any atom is 0.236 e. The van der Waals surface area contributed by atoms with Gasteiger partial charge in [-0.3, -0.25) is 10.1 Å². The minimum Gasteiger partial charge on any atom is -0.445 e. The molecule has 5 nitrogen and oxygen atoms in total. The highest BCUT2D eigenvalue weighted by Gasteiger charge is 2.12. The van der Waals surface area contributed by atoms with Crippen molar-refractivity contribution in [2.75, 3.05) is 6.54 Å². The Morgan fingerprint density at radius 1 is 1.50 bits per heavy atom. The second-order valence-corrected chi connectivity index (χ2v) is 4.47. The van der Waals surface area contributed by atoms with Crippen molar-refractivity contribution in [1.29, 1.82) is 0 Å². The van der Waals surface area contributed by atoms with Crippen molar-refractivity contribution in [3.63, 3.8) is 0 Å². The topological polar surface area (TPSA) is 67.2 Å². The number of unbranched alkanes of at least 4 members (excludes halogenated alkanes) is 2. The number of aryl methyl sites for hydroxylation is 1. The first-order valence-corrected chi connectivity index (χ1v) is 6.56. The lowest BCUT2D eigenvalue weighted by Crippen LogP contribution is -2.42. The van der Waals surface area contributed by atoms with Crippen LogP contribution >= 0.6 is 0 Å². The molecule has 1 aromatic rings. The number of oxazole rings is 1. The number of nitrogens with one attached hydrogen (secondary N) is 2. The highest BCUT2D eigenvalue weighted by atomic mass is 16.4. The molecule has 0 aliphatic carbocycles. The van der Waals surface area contributed by atoms with Crippen LogP contribution in [-0.2, 0) is 11.3 Å². The summed E-state index contributed by atoms with van der Waals surface area (Å²) >= 11 is 0. The van der Waals surface area contributed by atoms with E-state index in [-0.39, 0.29) is 11.9 Å². The number of nitrogens with zero attached hydrogens (tertiary/aromatic N) is 1. The maximum atomic E-state index is 11.7. The summed E-state index contributed by atoms with van der Waals surface area (Å²) in [5.74, 6) is 1.41. The molecular formula is C13H23N3O2. The summed E-state index contributed by atoms with van der Waals surface area (Å²) in [6, 6.07) is -0.237. The van der Waals surface area contributed by atoms with Crippen LogP contribution < -0.4 is 10.6 Å². The van der Waals surface area contributed by atoms with Gasteiger partial charge in [0.25, 0.3) is 0 Å². The normalized spacial score (nSPS) is 12.4. The van der Waals surface area contributed by atoms with Crippen LogP contribution in [0, 0.1) is 6.92 Å². The van der Waals surface area contributed by atoms with E-state index in [0.29, 0.717) is 12.4 Å². The molecule has 1 amide bonds. The predicted molar refractivity (Wildman–Crippen MR) is 70.1 cm³/mol. The van der Waals surface area contributed by atoms with E-state index in [1.54, 1.807) is 6.20 Å². The SMILES string of the molecule is CCCCCNC(=O)C(C)NCc1ncc(C)o1. The van der Waals surface area contributed by atoms with Crippen LogP contribution in [0.2, 0.25) is 0 Å². The molecule has 18 heavy (non-hydrogen) atoms. The molecule has 1 rings (SSSR count). The molecule has 1 atom stereocenters. The Labute approximate surface area is 108 Å². The van der Waals surface area contributed by atoms with Gasteiger partial charge >= 0.3 is 0 Å². The Balaban J connectivity index is 2.19. The molecule has 5 heteroatoms. The molecule has 1 heterocycles. The number of hydrogen-bond donors (Lipinski definition) is 2. The van der Waals surface area contributed by atoms with Gasteiger partial charge in [0.05, 0.1) is 18.8 Å². The van der Waals surface area contributed by atoms with Crippen LogP contribution in [0.15, 0.2) is 10.6 Å². The van der Waals surface area contributed by atoms with Crippen LogP contribution in [0.1, 0.15) is 44.8 Å². The van der Waals surface area contributed by atoms with Gasteiger partial charge < -0.3 is 9.73 Å². The van der Waals surface area contributed by atoms with Crippen molar-refractivity contribution in [3.8, 4) is 0 Å². The average molecular weight is 253 g/mol. The van der Waals surface area contributed by atoms with Crippen molar-refractivity contribution in [2.45, 2.75) is 52.6 Å². The van der Waals surface area contributed by atoms with Gasteiger partial charge in [0, 0.05) is 6.54 Å². The molecule has 0 fully saturated rings. The molecule has 0 aliphatic rings. The average Bonchev–Trinajstić information content (AvgIpc) is 2.77. The fourth-order valence-electron chi connectivity index (χ4n) is 1.56. The van der Waals surface area contributed by atoms with E-state index >= 15 is 0 Å². The monoisotopic (exact) mass is 253 g/mol. The molecule has 0 aliphatic heterocycles. The van der Waals surface area contributed by atoms with E-state index in [0.717, 1.165) is 31.6 Å². The molecule has 0 spiro atoms. The molecule has 0 radical (unpaired) electrons. The molecular weight excluding hydrogens is 230 g/mol. The van der Waals surface area contributed by atoms with E-state index in [9.17, 15) is 4.79 Å². The number of carbonyl (C=O) groups is 1. The van der Waals surface area contributed by atoms with Gasteiger partial charge in [-0.05, 0) is 20.3 Å². The van der Waals surface area contributed by atoms with Gasteiger partial charge in [0.1, 0.15) is 5.76 Å². The standard InChI is InChI=1S/C13H23N3O2/c1-4-5-6-7-14-13(17)11(3)15-9-12-16-8-10(2)18-12/h8,11,15H,4-7,9H2,1-3H3,(H,14,17). The van der Waals surface area contributed by atoms with Gasteiger partial charge in [-0.15, -0.1) is 0 Å². The van der Waals surface area contributed by atoms with Crippen molar-refractivity contribution >= 4 is 5.91 Å². The molecule has 0 aromatic carbocycles. The summed E-state index contributed by atoms with van der Waals surface area (Å²) < 4.78 is 5.32. The van der Waals surface area contributed by atoms with Gasteiger partial charge in [-0.2, -0.15) is 0 Å². The third kappa shape index (κ3) is 5.31. The molecule has 0 bridgehead atoms.